The lowest BCUT2D eigenvalue weighted by Gasteiger charge is -2.06. The van der Waals surface area contributed by atoms with E-state index >= 15 is 0 Å². The molecule has 0 spiro atoms. The second-order valence-corrected chi connectivity index (χ2v) is 3.60. The standard InChI is InChI=1S/C11H10F3N3/c1-6-15-4-8(17-6)5-16-10-3-7(12)2-9(13)11(10)14/h2-4,16H,5H2,1H3,(H,15,17). The van der Waals surface area contributed by atoms with Crippen molar-refractivity contribution < 1.29 is 13.2 Å². The minimum atomic E-state index is -1.21. The van der Waals surface area contributed by atoms with Crippen molar-refractivity contribution in [3.8, 4) is 0 Å². The van der Waals surface area contributed by atoms with Gasteiger partial charge in [-0.2, -0.15) is 0 Å². The Labute approximate surface area is 95.7 Å². The fourth-order valence-electron chi connectivity index (χ4n) is 1.44. The van der Waals surface area contributed by atoms with E-state index in [0.717, 1.165) is 6.07 Å². The molecule has 0 amide bonds. The van der Waals surface area contributed by atoms with Gasteiger partial charge in [0.1, 0.15) is 11.6 Å². The van der Waals surface area contributed by atoms with Crippen molar-refractivity contribution >= 4 is 5.69 Å². The van der Waals surface area contributed by atoms with Gasteiger partial charge in [-0.05, 0) is 6.92 Å². The number of aryl methyl sites for hydroxylation is 1. The van der Waals surface area contributed by atoms with E-state index in [0.29, 0.717) is 17.6 Å². The Kier molecular flexibility index (Phi) is 3.03. The number of hydrogen-bond acceptors (Lipinski definition) is 2. The summed E-state index contributed by atoms with van der Waals surface area (Å²) < 4.78 is 39.0. The summed E-state index contributed by atoms with van der Waals surface area (Å²) in [6, 6.07) is 1.41. The number of nitrogens with one attached hydrogen (secondary N) is 2. The number of anilines is 1. The van der Waals surface area contributed by atoms with Crippen LogP contribution in [-0.2, 0) is 6.54 Å². The molecule has 1 heterocycles. The van der Waals surface area contributed by atoms with Gasteiger partial charge in [0.15, 0.2) is 11.6 Å². The van der Waals surface area contributed by atoms with Crippen molar-refractivity contribution in [3.63, 3.8) is 0 Å². The van der Waals surface area contributed by atoms with E-state index in [1.54, 1.807) is 13.1 Å². The molecular formula is C11H10F3N3. The van der Waals surface area contributed by atoms with E-state index in [1.807, 2.05) is 0 Å². The van der Waals surface area contributed by atoms with Gasteiger partial charge in [0.2, 0.25) is 0 Å². The van der Waals surface area contributed by atoms with Crippen LogP contribution in [0.3, 0.4) is 0 Å². The first-order valence-electron chi connectivity index (χ1n) is 4.95. The number of H-pyrrole nitrogens is 1. The van der Waals surface area contributed by atoms with Crippen LogP contribution in [0.4, 0.5) is 18.9 Å². The van der Waals surface area contributed by atoms with Crippen LogP contribution in [-0.4, -0.2) is 9.97 Å². The molecule has 0 fully saturated rings. The highest BCUT2D eigenvalue weighted by atomic mass is 19.2. The van der Waals surface area contributed by atoms with E-state index in [-0.39, 0.29) is 12.2 Å². The predicted molar refractivity (Wildman–Crippen MR) is 57.0 cm³/mol. The van der Waals surface area contributed by atoms with Crippen LogP contribution in [0.15, 0.2) is 18.3 Å². The molecule has 0 saturated heterocycles. The highest BCUT2D eigenvalue weighted by Crippen LogP contribution is 2.19. The first kappa shape index (κ1) is 11.5. The van der Waals surface area contributed by atoms with Crippen molar-refractivity contribution in [1.29, 1.82) is 0 Å². The Morgan fingerprint density at radius 3 is 2.71 bits per heavy atom. The summed E-state index contributed by atoms with van der Waals surface area (Å²) in [4.78, 5) is 6.86. The minimum absolute atomic E-state index is 0.209. The van der Waals surface area contributed by atoms with Crippen LogP contribution >= 0.6 is 0 Å². The summed E-state index contributed by atoms with van der Waals surface area (Å²) in [5, 5.41) is 2.60. The van der Waals surface area contributed by atoms with Crippen molar-refractivity contribution in [2.24, 2.45) is 0 Å². The number of imidazole rings is 1. The largest absolute Gasteiger partial charge is 0.377 e. The average Bonchev–Trinajstić information content (AvgIpc) is 2.67. The molecule has 3 nitrogen and oxygen atoms in total. The van der Waals surface area contributed by atoms with Crippen LogP contribution in [0, 0.1) is 24.4 Å². The van der Waals surface area contributed by atoms with Gasteiger partial charge in [-0.25, -0.2) is 18.2 Å². The third kappa shape index (κ3) is 2.58. The van der Waals surface area contributed by atoms with E-state index in [9.17, 15) is 13.2 Å². The number of hydrogen-bond donors (Lipinski definition) is 2. The summed E-state index contributed by atoms with van der Waals surface area (Å²) in [5.41, 5.74) is 0.487. The van der Waals surface area contributed by atoms with Gasteiger partial charge in [0, 0.05) is 12.1 Å². The van der Waals surface area contributed by atoms with Gasteiger partial charge < -0.3 is 10.3 Å². The number of aromatic amines is 1. The summed E-state index contributed by atoms with van der Waals surface area (Å²) in [5.74, 6) is -2.42. The summed E-state index contributed by atoms with van der Waals surface area (Å²) in [6.45, 7) is 1.98. The van der Waals surface area contributed by atoms with Gasteiger partial charge in [-0.3, -0.25) is 0 Å². The highest BCUT2D eigenvalue weighted by molar-refractivity contribution is 5.45. The quantitative estimate of drug-likeness (QED) is 0.811. The monoisotopic (exact) mass is 241 g/mol. The number of nitrogens with zero attached hydrogens (tertiary/aromatic N) is 1. The number of aromatic nitrogens is 2. The fraction of sp³-hybridized carbons (Fsp3) is 0.182. The number of rotatable bonds is 3. The van der Waals surface area contributed by atoms with E-state index in [2.05, 4.69) is 15.3 Å². The molecule has 0 aliphatic rings. The maximum Gasteiger partial charge on any atom is 0.182 e. The van der Waals surface area contributed by atoms with Crippen LogP contribution < -0.4 is 5.32 Å². The Hall–Kier alpha value is -1.98. The topological polar surface area (TPSA) is 40.7 Å². The molecule has 0 unspecified atom stereocenters. The average molecular weight is 241 g/mol. The highest BCUT2D eigenvalue weighted by Gasteiger charge is 2.10. The lowest BCUT2D eigenvalue weighted by atomic mass is 10.2. The Bertz CT molecular complexity index is 537. The molecule has 2 rings (SSSR count). The van der Waals surface area contributed by atoms with Crippen LogP contribution in [0.5, 0.6) is 0 Å². The maximum absolute atomic E-state index is 13.3. The van der Waals surface area contributed by atoms with Gasteiger partial charge >= 0.3 is 0 Å². The molecule has 1 aromatic carbocycles. The fourth-order valence-corrected chi connectivity index (χ4v) is 1.44. The first-order chi connectivity index (χ1) is 8.06. The Morgan fingerprint density at radius 2 is 2.06 bits per heavy atom. The summed E-state index contributed by atoms with van der Waals surface area (Å²) >= 11 is 0. The molecule has 2 N–H and O–H groups in total. The molecule has 0 aliphatic carbocycles. The second kappa shape index (κ2) is 4.48. The second-order valence-electron chi connectivity index (χ2n) is 3.60. The molecule has 90 valence electrons. The molecule has 0 bridgehead atoms. The van der Waals surface area contributed by atoms with Gasteiger partial charge in [-0.15, -0.1) is 0 Å². The molecule has 0 radical (unpaired) electrons. The Balaban J connectivity index is 2.14. The van der Waals surface area contributed by atoms with Gasteiger partial charge in [0.25, 0.3) is 0 Å². The molecule has 0 aliphatic heterocycles. The first-order valence-corrected chi connectivity index (χ1v) is 4.95. The van der Waals surface area contributed by atoms with Crippen molar-refractivity contribution in [2.45, 2.75) is 13.5 Å². The van der Waals surface area contributed by atoms with Gasteiger partial charge in [-0.1, -0.05) is 0 Å². The van der Waals surface area contributed by atoms with Crippen LogP contribution in [0.1, 0.15) is 11.5 Å². The van der Waals surface area contributed by atoms with E-state index in [1.165, 1.54) is 0 Å². The van der Waals surface area contributed by atoms with Crippen LogP contribution in [0.2, 0.25) is 0 Å². The smallest absolute Gasteiger partial charge is 0.182 e. The lowest BCUT2D eigenvalue weighted by Crippen LogP contribution is -2.04. The molecule has 0 saturated carbocycles. The summed E-state index contributed by atoms with van der Waals surface area (Å²) in [6.07, 6.45) is 1.57. The minimum Gasteiger partial charge on any atom is -0.377 e. The van der Waals surface area contributed by atoms with Crippen molar-refractivity contribution in [2.75, 3.05) is 5.32 Å². The van der Waals surface area contributed by atoms with Crippen molar-refractivity contribution in [3.05, 3.63) is 47.3 Å². The maximum atomic E-state index is 13.3. The molecular weight excluding hydrogens is 231 g/mol. The van der Waals surface area contributed by atoms with E-state index < -0.39 is 17.5 Å². The molecule has 17 heavy (non-hydrogen) atoms. The molecule has 1 aromatic heterocycles. The van der Waals surface area contributed by atoms with Gasteiger partial charge in [0.05, 0.1) is 24.1 Å². The molecule has 2 aromatic rings. The molecule has 0 atom stereocenters. The zero-order valence-corrected chi connectivity index (χ0v) is 9.02. The van der Waals surface area contributed by atoms with Crippen LogP contribution in [0.25, 0.3) is 0 Å². The predicted octanol–water partition coefficient (Wildman–Crippen LogP) is 2.75. The SMILES string of the molecule is Cc1ncc(CNc2cc(F)cc(F)c2F)[nH]1. The number of benzene rings is 1. The third-order valence-electron chi connectivity index (χ3n) is 2.22. The number of halogens is 3. The zero-order valence-electron chi connectivity index (χ0n) is 9.02. The summed E-state index contributed by atoms with van der Waals surface area (Å²) in [7, 11) is 0. The lowest BCUT2D eigenvalue weighted by molar-refractivity contribution is 0.497. The third-order valence-corrected chi connectivity index (χ3v) is 2.22. The zero-order chi connectivity index (χ0) is 12.4. The Morgan fingerprint density at radius 1 is 1.29 bits per heavy atom. The van der Waals surface area contributed by atoms with E-state index in [4.69, 9.17) is 0 Å². The van der Waals surface area contributed by atoms with Crippen molar-refractivity contribution in [1.82, 2.24) is 9.97 Å². The normalized spacial score (nSPS) is 10.6. The molecule has 6 heteroatoms.